The number of anilines is 1. The second kappa shape index (κ2) is 7.76. The predicted molar refractivity (Wildman–Crippen MR) is 121 cm³/mol. The predicted octanol–water partition coefficient (Wildman–Crippen LogP) is 3.56. The summed E-state index contributed by atoms with van der Waals surface area (Å²) >= 11 is 0. The number of nitrogens with one attached hydrogen (secondary N) is 2. The van der Waals surface area contributed by atoms with Gasteiger partial charge in [0.25, 0.3) is 5.91 Å². The first-order valence-corrected chi connectivity index (χ1v) is 11.1. The normalized spacial score (nSPS) is 24.7. The molecule has 1 aliphatic heterocycles. The molecule has 1 saturated heterocycles. The van der Waals surface area contributed by atoms with E-state index in [-0.39, 0.29) is 17.9 Å². The lowest BCUT2D eigenvalue weighted by Gasteiger charge is -2.43. The van der Waals surface area contributed by atoms with Crippen molar-refractivity contribution < 1.29 is 14.4 Å². The van der Waals surface area contributed by atoms with Crippen LogP contribution in [0.3, 0.4) is 0 Å². The van der Waals surface area contributed by atoms with Crippen LogP contribution in [0.5, 0.6) is 0 Å². The van der Waals surface area contributed by atoms with Crippen LogP contribution in [-0.2, 0) is 9.59 Å². The Hall–Kier alpha value is -3.16. The zero-order chi connectivity index (χ0) is 23.3. The highest BCUT2D eigenvalue weighted by Crippen LogP contribution is 2.46. The van der Waals surface area contributed by atoms with Gasteiger partial charge in [-0.2, -0.15) is 5.10 Å². The van der Waals surface area contributed by atoms with E-state index in [1.54, 1.807) is 10.7 Å². The third kappa shape index (κ3) is 4.13. The topological polar surface area (TPSA) is 96.3 Å². The Kier molecular flexibility index (Phi) is 5.35. The lowest BCUT2D eigenvalue weighted by molar-refractivity contribution is -0.136. The number of imide groups is 1. The van der Waals surface area contributed by atoms with Gasteiger partial charge in [-0.05, 0) is 56.6 Å². The largest absolute Gasteiger partial charge is 0.325 e. The van der Waals surface area contributed by atoms with Gasteiger partial charge < -0.3 is 10.6 Å². The molecular weight excluding hydrogens is 406 g/mol. The van der Waals surface area contributed by atoms with Crippen molar-refractivity contribution in [2.24, 2.45) is 11.3 Å². The van der Waals surface area contributed by atoms with Gasteiger partial charge in [0.15, 0.2) is 0 Å². The molecule has 1 aromatic heterocycles. The molecule has 2 N–H and O–H groups in total. The summed E-state index contributed by atoms with van der Waals surface area (Å²) < 4.78 is 1.64. The van der Waals surface area contributed by atoms with Crippen LogP contribution in [0.25, 0.3) is 5.69 Å². The van der Waals surface area contributed by atoms with Gasteiger partial charge in [0.2, 0.25) is 5.91 Å². The smallest absolute Gasteiger partial charge is 0.323 e. The van der Waals surface area contributed by atoms with Crippen LogP contribution >= 0.6 is 0 Å². The van der Waals surface area contributed by atoms with E-state index in [0.29, 0.717) is 24.6 Å². The Morgan fingerprint density at radius 1 is 1.19 bits per heavy atom. The van der Waals surface area contributed by atoms with E-state index in [1.165, 1.54) is 0 Å². The summed E-state index contributed by atoms with van der Waals surface area (Å²) in [5, 5.41) is 10.2. The number of carbonyl (C=O) groups excluding carboxylic acids is 3. The average Bonchev–Trinajstić information content (AvgIpc) is 3.13. The molecule has 4 rings (SSSR count). The van der Waals surface area contributed by atoms with E-state index in [4.69, 9.17) is 0 Å². The van der Waals surface area contributed by atoms with Crippen LogP contribution in [0, 0.1) is 25.2 Å². The lowest BCUT2D eigenvalue weighted by atomic mass is 9.64. The molecule has 2 fully saturated rings. The molecule has 2 aliphatic rings. The van der Waals surface area contributed by atoms with E-state index < -0.39 is 17.5 Å². The number of amides is 4. The fourth-order valence-electron chi connectivity index (χ4n) is 5.45. The Balaban J connectivity index is 1.50. The molecule has 8 nitrogen and oxygen atoms in total. The molecular formula is C24H31N5O3. The monoisotopic (exact) mass is 437 g/mol. The van der Waals surface area contributed by atoms with E-state index in [0.717, 1.165) is 28.3 Å². The Labute approximate surface area is 188 Å². The number of hydrogen-bond acceptors (Lipinski definition) is 4. The molecule has 1 aromatic carbocycles. The lowest BCUT2D eigenvalue weighted by Crippen LogP contribution is -2.54. The van der Waals surface area contributed by atoms with Gasteiger partial charge in [-0.3, -0.25) is 14.5 Å². The number of nitrogens with zero attached hydrogens (tertiary/aromatic N) is 3. The van der Waals surface area contributed by atoms with Crippen molar-refractivity contribution in [2.75, 3.05) is 11.9 Å². The third-order valence-corrected chi connectivity index (χ3v) is 6.30. The number of hydrogen-bond donors (Lipinski definition) is 2. The van der Waals surface area contributed by atoms with Gasteiger partial charge in [-0.25, -0.2) is 9.48 Å². The van der Waals surface area contributed by atoms with Crippen LogP contribution < -0.4 is 10.6 Å². The molecule has 2 heterocycles. The maximum Gasteiger partial charge on any atom is 0.325 e. The highest BCUT2D eigenvalue weighted by Gasteiger charge is 2.56. The molecule has 0 radical (unpaired) electrons. The first-order chi connectivity index (χ1) is 15.0. The maximum absolute atomic E-state index is 13.3. The van der Waals surface area contributed by atoms with Crippen LogP contribution in [0.4, 0.5) is 10.6 Å². The second-order valence-electron chi connectivity index (χ2n) is 10.2. The minimum absolute atomic E-state index is 0.0586. The molecule has 2 atom stereocenters. The third-order valence-electron chi connectivity index (χ3n) is 6.30. The number of urea groups is 1. The van der Waals surface area contributed by atoms with Crippen LogP contribution in [0.15, 0.2) is 30.3 Å². The summed E-state index contributed by atoms with van der Waals surface area (Å²) in [7, 11) is 0. The quantitative estimate of drug-likeness (QED) is 0.715. The van der Waals surface area contributed by atoms with Crippen molar-refractivity contribution in [3.8, 4) is 5.69 Å². The van der Waals surface area contributed by atoms with Crippen molar-refractivity contribution in [1.82, 2.24) is 20.0 Å². The number of aromatic nitrogens is 2. The van der Waals surface area contributed by atoms with E-state index in [9.17, 15) is 14.4 Å². The minimum Gasteiger partial charge on any atom is -0.323 e. The first kappa shape index (κ1) is 22.0. The molecule has 8 heteroatoms. The number of aryl methyl sites for hydroxylation is 2. The van der Waals surface area contributed by atoms with Gasteiger partial charge in [-0.15, -0.1) is 0 Å². The molecule has 1 spiro atoms. The summed E-state index contributed by atoms with van der Waals surface area (Å²) in [6.07, 6.45) is 2.17. The molecule has 2 unspecified atom stereocenters. The van der Waals surface area contributed by atoms with Gasteiger partial charge in [0.05, 0.1) is 11.4 Å². The van der Waals surface area contributed by atoms with Crippen molar-refractivity contribution in [3.63, 3.8) is 0 Å². The highest BCUT2D eigenvalue weighted by atomic mass is 16.2. The zero-order valence-electron chi connectivity index (χ0n) is 19.4. The number of rotatable bonds is 4. The summed E-state index contributed by atoms with van der Waals surface area (Å²) in [6, 6.07) is 9.04. The van der Waals surface area contributed by atoms with Crippen LogP contribution in [0.2, 0.25) is 0 Å². The molecule has 0 bridgehead atoms. The summed E-state index contributed by atoms with van der Waals surface area (Å²) in [4.78, 5) is 39.9. The maximum atomic E-state index is 13.3. The van der Waals surface area contributed by atoms with E-state index in [1.807, 2.05) is 38.1 Å². The highest BCUT2D eigenvalue weighted by molar-refractivity contribution is 6.10. The van der Waals surface area contributed by atoms with Crippen LogP contribution in [0.1, 0.15) is 51.3 Å². The number of carbonyl (C=O) groups is 3. The summed E-state index contributed by atoms with van der Waals surface area (Å²) in [6.45, 7) is 9.85. The first-order valence-electron chi connectivity index (χ1n) is 11.1. The van der Waals surface area contributed by atoms with Crippen molar-refractivity contribution in [2.45, 2.75) is 59.4 Å². The molecule has 2 aromatic rings. The number of benzene rings is 1. The molecule has 1 aliphatic carbocycles. The van der Waals surface area contributed by atoms with Gasteiger partial charge in [-0.1, -0.05) is 38.5 Å². The second-order valence-corrected chi connectivity index (χ2v) is 10.2. The average molecular weight is 438 g/mol. The standard InChI is InChI=1S/C24H31N5O3/c1-15-6-8-18(9-7-15)29-19(10-17(3)27-29)25-20(30)13-28-21(31)24(26-22(28)32)12-16(2)11-23(4,5)14-24/h6-10,16H,11-14H2,1-5H3,(H,25,30)(H,26,32). The minimum atomic E-state index is -0.918. The van der Waals surface area contributed by atoms with E-state index in [2.05, 4.69) is 36.5 Å². The van der Waals surface area contributed by atoms with Crippen LogP contribution in [-0.4, -0.2) is 44.6 Å². The fraction of sp³-hybridized carbons (Fsp3) is 0.500. The Morgan fingerprint density at radius 3 is 2.53 bits per heavy atom. The summed E-state index contributed by atoms with van der Waals surface area (Å²) in [5.41, 5.74) is 1.70. The molecule has 170 valence electrons. The van der Waals surface area contributed by atoms with Gasteiger partial charge in [0, 0.05) is 6.07 Å². The van der Waals surface area contributed by atoms with Gasteiger partial charge >= 0.3 is 6.03 Å². The molecule has 32 heavy (non-hydrogen) atoms. The van der Waals surface area contributed by atoms with Crippen molar-refractivity contribution in [1.29, 1.82) is 0 Å². The van der Waals surface area contributed by atoms with Crippen molar-refractivity contribution in [3.05, 3.63) is 41.6 Å². The van der Waals surface area contributed by atoms with Gasteiger partial charge in [0.1, 0.15) is 17.9 Å². The fourth-order valence-corrected chi connectivity index (χ4v) is 5.45. The summed E-state index contributed by atoms with van der Waals surface area (Å²) in [5.74, 6) is 0.0524. The SMILES string of the molecule is Cc1ccc(-n2nc(C)cc2NC(=O)CN2C(=O)NC3(CC(C)CC(C)(C)C3)C2=O)cc1. The van der Waals surface area contributed by atoms with Crippen molar-refractivity contribution >= 4 is 23.7 Å². The van der Waals surface area contributed by atoms with E-state index >= 15 is 0 Å². The molecule has 4 amide bonds. The molecule has 1 saturated carbocycles. The Bertz CT molecular complexity index is 1070. The zero-order valence-corrected chi connectivity index (χ0v) is 19.4. The Morgan fingerprint density at radius 2 is 1.88 bits per heavy atom.